The summed E-state index contributed by atoms with van der Waals surface area (Å²) in [5, 5.41) is 9.44. The van der Waals surface area contributed by atoms with Crippen molar-refractivity contribution in [3.05, 3.63) is 95.6 Å². The molecule has 1 unspecified atom stereocenters. The van der Waals surface area contributed by atoms with Crippen LogP contribution >= 0.6 is 0 Å². The van der Waals surface area contributed by atoms with Crippen molar-refractivity contribution in [1.82, 2.24) is 0 Å². The number of nitrogens with two attached hydrogens (primary N) is 1. The number of methoxy groups -OCH3 is 2. The number of aliphatic hydroxyl groups excluding tert-OH is 1. The fourth-order valence-corrected chi connectivity index (χ4v) is 3.36. The second-order valence-corrected chi connectivity index (χ2v) is 6.76. The molecule has 29 heavy (non-hydrogen) atoms. The molecule has 3 aromatic carbocycles. The van der Waals surface area contributed by atoms with Gasteiger partial charge in [-0.05, 0) is 41.0 Å². The van der Waals surface area contributed by atoms with Crippen molar-refractivity contribution in [3.63, 3.8) is 0 Å². The molecule has 152 valence electrons. The first-order valence-corrected chi connectivity index (χ1v) is 9.49. The third-order valence-corrected chi connectivity index (χ3v) is 4.92. The molecule has 0 saturated heterocycles. The van der Waals surface area contributed by atoms with Crippen molar-refractivity contribution in [2.45, 2.75) is 11.6 Å². The Morgan fingerprint density at radius 2 is 1.21 bits per heavy atom. The van der Waals surface area contributed by atoms with Crippen molar-refractivity contribution in [2.75, 3.05) is 27.4 Å². The van der Waals surface area contributed by atoms with Crippen LogP contribution in [0.3, 0.4) is 0 Å². The largest absolute Gasteiger partial charge is 0.497 e. The zero-order valence-corrected chi connectivity index (χ0v) is 16.7. The van der Waals surface area contributed by atoms with Gasteiger partial charge in [0.15, 0.2) is 0 Å². The minimum absolute atomic E-state index is 0.157. The molecule has 0 amide bonds. The molecule has 0 aromatic heterocycles. The summed E-state index contributed by atoms with van der Waals surface area (Å²) in [5.41, 5.74) is 7.90. The number of ether oxygens (including phenoxy) is 3. The zero-order valence-electron chi connectivity index (χ0n) is 16.7. The van der Waals surface area contributed by atoms with Crippen LogP contribution in [0, 0.1) is 0 Å². The van der Waals surface area contributed by atoms with Crippen LogP contribution in [-0.2, 0) is 10.3 Å². The molecule has 3 aromatic rings. The van der Waals surface area contributed by atoms with Crippen LogP contribution in [0.15, 0.2) is 78.9 Å². The molecule has 0 aliphatic heterocycles. The van der Waals surface area contributed by atoms with Gasteiger partial charge in [-0.3, -0.25) is 0 Å². The van der Waals surface area contributed by atoms with Crippen LogP contribution in [-0.4, -0.2) is 38.6 Å². The van der Waals surface area contributed by atoms with Crippen molar-refractivity contribution in [2.24, 2.45) is 5.73 Å². The highest BCUT2D eigenvalue weighted by Gasteiger charge is 2.38. The standard InChI is InChI=1S/C24H27NO4/c1-27-22-12-8-19(9-13-22)24(29-17-21(25)16-26,18-6-4-3-5-7-18)20-10-14-23(28-2)15-11-20/h3-15,21,26H,16-17,25H2,1-2H3. The normalized spacial score (nSPS) is 12.4. The van der Waals surface area contributed by atoms with E-state index in [1.54, 1.807) is 14.2 Å². The molecular weight excluding hydrogens is 366 g/mol. The van der Waals surface area contributed by atoms with E-state index < -0.39 is 11.6 Å². The van der Waals surface area contributed by atoms with E-state index in [9.17, 15) is 5.11 Å². The zero-order chi connectivity index (χ0) is 20.7. The Morgan fingerprint density at radius 3 is 1.62 bits per heavy atom. The first kappa shape index (κ1) is 20.9. The lowest BCUT2D eigenvalue weighted by atomic mass is 9.80. The van der Waals surface area contributed by atoms with E-state index in [-0.39, 0.29) is 13.2 Å². The van der Waals surface area contributed by atoms with E-state index in [1.165, 1.54) is 0 Å². The fraction of sp³-hybridized carbons (Fsp3) is 0.250. The number of hydrogen-bond acceptors (Lipinski definition) is 5. The second kappa shape index (κ2) is 9.56. The summed E-state index contributed by atoms with van der Waals surface area (Å²) < 4.78 is 17.2. The van der Waals surface area contributed by atoms with Crippen LogP contribution in [0.5, 0.6) is 11.5 Å². The molecule has 1 atom stereocenters. The van der Waals surface area contributed by atoms with Gasteiger partial charge in [-0.1, -0.05) is 54.6 Å². The van der Waals surface area contributed by atoms with Crippen LogP contribution in [0.4, 0.5) is 0 Å². The minimum atomic E-state index is -0.910. The second-order valence-electron chi connectivity index (χ2n) is 6.76. The van der Waals surface area contributed by atoms with Crippen LogP contribution in [0.25, 0.3) is 0 Å². The van der Waals surface area contributed by atoms with Crippen molar-refractivity contribution in [1.29, 1.82) is 0 Å². The quantitative estimate of drug-likeness (QED) is 0.546. The Kier molecular flexibility index (Phi) is 6.88. The van der Waals surface area contributed by atoms with E-state index in [0.29, 0.717) is 0 Å². The molecule has 3 N–H and O–H groups in total. The molecular formula is C24H27NO4. The molecule has 0 radical (unpaired) electrons. The Morgan fingerprint density at radius 1 is 0.759 bits per heavy atom. The van der Waals surface area contributed by atoms with Gasteiger partial charge in [0.05, 0.1) is 33.5 Å². The summed E-state index contributed by atoms with van der Waals surface area (Å²) >= 11 is 0. The van der Waals surface area contributed by atoms with Crippen LogP contribution in [0.1, 0.15) is 16.7 Å². The van der Waals surface area contributed by atoms with Gasteiger partial charge in [-0.15, -0.1) is 0 Å². The monoisotopic (exact) mass is 393 g/mol. The predicted octanol–water partition coefficient (Wildman–Crippen LogP) is 3.33. The van der Waals surface area contributed by atoms with Gasteiger partial charge in [0.1, 0.15) is 17.1 Å². The summed E-state index contributed by atoms with van der Waals surface area (Å²) in [7, 11) is 3.28. The van der Waals surface area contributed by atoms with E-state index in [1.807, 2.05) is 78.9 Å². The highest BCUT2D eigenvalue weighted by atomic mass is 16.5. The van der Waals surface area contributed by atoms with Gasteiger partial charge >= 0.3 is 0 Å². The van der Waals surface area contributed by atoms with Gasteiger partial charge in [0, 0.05) is 0 Å². The van der Waals surface area contributed by atoms with Gasteiger partial charge in [-0.25, -0.2) is 0 Å². The van der Waals surface area contributed by atoms with Crippen LogP contribution in [0.2, 0.25) is 0 Å². The lowest BCUT2D eigenvalue weighted by Crippen LogP contribution is -2.39. The van der Waals surface area contributed by atoms with E-state index in [2.05, 4.69) is 0 Å². The Hall–Kier alpha value is -2.86. The summed E-state index contributed by atoms with van der Waals surface area (Å²) in [6.45, 7) is 0.0273. The third-order valence-electron chi connectivity index (χ3n) is 4.92. The molecule has 0 spiro atoms. The maximum atomic E-state index is 9.44. The molecule has 0 bridgehead atoms. The highest BCUT2D eigenvalue weighted by Crippen LogP contribution is 2.41. The lowest BCUT2D eigenvalue weighted by molar-refractivity contribution is -0.00198. The smallest absolute Gasteiger partial charge is 0.143 e. The van der Waals surface area contributed by atoms with Gasteiger partial charge < -0.3 is 25.1 Å². The minimum Gasteiger partial charge on any atom is -0.497 e. The fourth-order valence-electron chi connectivity index (χ4n) is 3.36. The Balaban J connectivity index is 2.21. The number of hydrogen-bond donors (Lipinski definition) is 2. The molecule has 0 fully saturated rings. The SMILES string of the molecule is COc1ccc(C(OCC(N)CO)(c2ccccc2)c2ccc(OC)cc2)cc1. The maximum Gasteiger partial charge on any atom is 0.143 e. The topological polar surface area (TPSA) is 73.9 Å². The molecule has 0 aliphatic carbocycles. The number of aliphatic hydroxyl groups is 1. The molecule has 5 nitrogen and oxygen atoms in total. The average Bonchev–Trinajstić information content (AvgIpc) is 2.80. The van der Waals surface area contributed by atoms with E-state index >= 15 is 0 Å². The number of rotatable bonds is 9. The third kappa shape index (κ3) is 4.43. The molecule has 5 heteroatoms. The van der Waals surface area contributed by atoms with Crippen molar-refractivity contribution >= 4 is 0 Å². The van der Waals surface area contributed by atoms with Gasteiger partial charge in [-0.2, -0.15) is 0 Å². The number of benzene rings is 3. The summed E-state index contributed by atoms with van der Waals surface area (Å²) in [4.78, 5) is 0. The van der Waals surface area contributed by atoms with Gasteiger partial charge in [0.2, 0.25) is 0 Å². The maximum absolute atomic E-state index is 9.44. The molecule has 3 rings (SSSR count). The van der Waals surface area contributed by atoms with Crippen molar-refractivity contribution in [3.8, 4) is 11.5 Å². The van der Waals surface area contributed by atoms with Crippen LogP contribution < -0.4 is 15.2 Å². The molecule has 0 heterocycles. The lowest BCUT2D eigenvalue weighted by Gasteiger charge is -2.36. The van der Waals surface area contributed by atoms with E-state index in [0.717, 1.165) is 28.2 Å². The summed E-state index contributed by atoms with van der Waals surface area (Å²) in [6, 6.07) is 25.1. The highest BCUT2D eigenvalue weighted by molar-refractivity contribution is 5.49. The first-order chi connectivity index (χ1) is 14.1. The average molecular weight is 393 g/mol. The Bertz CT molecular complexity index is 832. The molecule has 0 aliphatic rings. The first-order valence-electron chi connectivity index (χ1n) is 9.49. The summed E-state index contributed by atoms with van der Waals surface area (Å²) in [5.74, 6) is 1.52. The Labute approximate surface area is 171 Å². The van der Waals surface area contributed by atoms with Gasteiger partial charge in [0.25, 0.3) is 0 Å². The molecule has 0 saturated carbocycles. The van der Waals surface area contributed by atoms with Crippen molar-refractivity contribution < 1.29 is 19.3 Å². The predicted molar refractivity (Wildman–Crippen MR) is 113 cm³/mol. The summed E-state index contributed by atoms with van der Waals surface area (Å²) in [6.07, 6.45) is 0. The van der Waals surface area contributed by atoms with E-state index in [4.69, 9.17) is 19.9 Å².